The van der Waals surface area contributed by atoms with Crippen LogP contribution in [-0.4, -0.2) is 11.0 Å². The molecular formula is C15H14INO2. The molecule has 0 unspecified atom stereocenters. The summed E-state index contributed by atoms with van der Waals surface area (Å²) in [6.45, 7) is 2.50. The van der Waals surface area contributed by atoms with Crippen molar-refractivity contribution in [3.63, 3.8) is 0 Å². The van der Waals surface area contributed by atoms with Crippen LogP contribution in [0, 0.1) is 10.5 Å². The van der Waals surface area contributed by atoms with Crippen molar-refractivity contribution in [2.45, 2.75) is 13.5 Å². The molecule has 0 fully saturated rings. The summed E-state index contributed by atoms with van der Waals surface area (Å²) >= 11 is 2.02. The molecular weight excluding hydrogens is 353 g/mol. The van der Waals surface area contributed by atoms with Crippen molar-refractivity contribution in [2.75, 3.05) is 0 Å². The Morgan fingerprint density at radius 3 is 2.53 bits per heavy atom. The maximum absolute atomic E-state index is 11.9. The van der Waals surface area contributed by atoms with Gasteiger partial charge in [-0.15, -0.1) is 0 Å². The summed E-state index contributed by atoms with van der Waals surface area (Å²) in [6.07, 6.45) is 0. The van der Waals surface area contributed by atoms with Crippen LogP contribution < -0.4 is 5.32 Å². The van der Waals surface area contributed by atoms with E-state index in [0.29, 0.717) is 12.1 Å². The highest BCUT2D eigenvalue weighted by Gasteiger charge is 2.07. The minimum absolute atomic E-state index is 0.128. The van der Waals surface area contributed by atoms with Crippen molar-refractivity contribution < 1.29 is 9.90 Å². The van der Waals surface area contributed by atoms with E-state index in [1.165, 1.54) is 11.6 Å². The largest absolute Gasteiger partial charge is 0.507 e. The summed E-state index contributed by atoms with van der Waals surface area (Å²) in [5.41, 5.74) is 2.70. The minimum Gasteiger partial charge on any atom is -0.507 e. The molecule has 3 nitrogen and oxygen atoms in total. The molecule has 0 heterocycles. The van der Waals surface area contributed by atoms with Crippen LogP contribution in [0.1, 0.15) is 21.5 Å². The Kier molecular flexibility index (Phi) is 4.42. The van der Waals surface area contributed by atoms with E-state index in [-0.39, 0.29) is 11.7 Å². The van der Waals surface area contributed by atoms with Crippen molar-refractivity contribution in [2.24, 2.45) is 0 Å². The number of phenols is 1. The predicted octanol–water partition coefficient (Wildman–Crippen LogP) is 3.24. The number of hydrogen-bond acceptors (Lipinski definition) is 2. The van der Waals surface area contributed by atoms with E-state index in [0.717, 1.165) is 9.13 Å². The number of aryl methyl sites for hydroxylation is 1. The zero-order valence-electron chi connectivity index (χ0n) is 10.5. The van der Waals surface area contributed by atoms with Gasteiger partial charge in [0, 0.05) is 12.1 Å². The van der Waals surface area contributed by atoms with E-state index >= 15 is 0 Å². The maximum Gasteiger partial charge on any atom is 0.251 e. The Morgan fingerprint density at radius 2 is 1.89 bits per heavy atom. The van der Waals surface area contributed by atoms with Gasteiger partial charge in [0.05, 0.1) is 3.57 Å². The van der Waals surface area contributed by atoms with Gasteiger partial charge in [-0.2, -0.15) is 0 Å². The molecule has 4 heteroatoms. The Bertz CT molecular complexity index is 594. The van der Waals surface area contributed by atoms with Crippen LogP contribution in [-0.2, 0) is 6.54 Å². The lowest BCUT2D eigenvalue weighted by atomic mass is 10.1. The summed E-state index contributed by atoms with van der Waals surface area (Å²) in [4.78, 5) is 11.9. The normalized spacial score (nSPS) is 10.2. The summed E-state index contributed by atoms with van der Waals surface area (Å²) in [5, 5.41) is 12.4. The molecule has 0 radical (unpaired) electrons. The number of halogens is 1. The molecule has 0 aliphatic heterocycles. The standard InChI is InChI=1S/C15H14INO2/c1-10-2-4-11(5-3-10)9-17-15(19)12-6-7-13(16)14(18)8-12/h2-8,18H,9H2,1H3,(H,17,19). The molecule has 19 heavy (non-hydrogen) atoms. The molecule has 0 aromatic heterocycles. The third-order valence-electron chi connectivity index (χ3n) is 2.78. The number of benzene rings is 2. The van der Waals surface area contributed by atoms with Gasteiger partial charge < -0.3 is 10.4 Å². The Hall–Kier alpha value is -1.56. The quantitative estimate of drug-likeness (QED) is 0.819. The highest BCUT2D eigenvalue weighted by Crippen LogP contribution is 2.20. The molecule has 2 aromatic rings. The van der Waals surface area contributed by atoms with Gasteiger partial charge >= 0.3 is 0 Å². The second-order valence-electron chi connectivity index (χ2n) is 4.33. The number of nitrogens with one attached hydrogen (secondary N) is 1. The number of carbonyl (C=O) groups is 1. The van der Waals surface area contributed by atoms with Crippen LogP contribution in [0.15, 0.2) is 42.5 Å². The van der Waals surface area contributed by atoms with E-state index < -0.39 is 0 Å². The van der Waals surface area contributed by atoms with Gasteiger partial charge in [0.25, 0.3) is 5.91 Å². The fourth-order valence-corrected chi connectivity index (χ4v) is 1.98. The molecule has 0 saturated heterocycles. The Morgan fingerprint density at radius 1 is 1.21 bits per heavy atom. The van der Waals surface area contributed by atoms with Crippen LogP contribution in [0.25, 0.3) is 0 Å². The van der Waals surface area contributed by atoms with E-state index in [9.17, 15) is 9.90 Å². The highest BCUT2D eigenvalue weighted by molar-refractivity contribution is 14.1. The van der Waals surface area contributed by atoms with E-state index in [2.05, 4.69) is 5.32 Å². The SMILES string of the molecule is Cc1ccc(CNC(=O)c2ccc(I)c(O)c2)cc1. The molecule has 2 N–H and O–H groups in total. The Labute approximate surface area is 125 Å². The lowest BCUT2D eigenvalue weighted by molar-refractivity contribution is 0.0950. The summed E-state index contributed by atoms with van der Waals surface area (Å²) in [6, 6.07) is 12.9. The molecule has 0 aliphatic carbocycles. The van der Waals surface area contributed by atoms with Crippen LogP contribution in [0.5, 0.6) is 5.75 Å². The van der Waals surface area contributed by atoms with E-state index in [1.54, 1.807) is 12.1 Å². The zero-order chi connectivity index (χ0) is 13.8. The monoisotopic (exact) mass is 367 g/mol. The zero-order valence-corrected chi connectivity index (χ0v) is 12.6. The second-order valence-corrected chi connectivity index (χ2v) is 5.50. The summed E-state index contributed by atoms with van der Waals surface area (Å²) in [7, 11) is 0. The molecule has 0 atom stereocenters. The van der Waals surface area contributed by atoms with Gasteiger partial charge in [0.15, 0.2) is 0 Å². The van der Waals surface area contributed by atoms with Gasteiger partial charge in [-0.05, 0) is 53.3 Å². The first kappa shape index (κ1) is 13.9. The van der Waals surface area contributed by atoms with Crippen LogP contribution >= 0.6 is 22.6 Å². The van der Waals surface area contributed by atoms with E-state index in [1.807, 2.05) is 53.8 Å². The number of hydrogen-bond donors (Lipinski definition) is 2. The predicted molar refractivity (Wildman–Crippen MR) is 83.2 cm³/mol. The van der Waals surface area contributed by atoms with Gasteiger partial charge in [-0.25, -0.2) is 0 Å². The van der Waals surface area contributed by atoms with Crippen molar-refractivity contribution in [3.05, 3.63) is 62.7 Å². The highest BCUT2D eigenvalue weighted by atomic mass is 127. The van der Waals surface area contributed by atoms with Crippen molar-refractivity contribution in [1.82, 2.24) is 5.32 Å². The third-order valence-corrected chi connectivity index (χ3v) is 3.69. The van der Waals surface area contributed by atoms with Crippen LogP contribution in [0.2, 0.25) is 0 Å². The van der Waals surface area contributed by atoms with Crippen molar-refractivity contribution >= 4 is 28.5 Å². The summed E-state index contributed by atoms with van der Waals surface area (Å²) < 4.78 is 0.729. The van der Waals surface area contributed by atoms with Crippen LogP contribution in [0.3, 0.4) is 0 Å². The number of carbonyl (C=O) groups excluding carboxylic acids is 1. The average molecular weight is 367 g/mol. The van der Waals surface area contributed by atoms with Gasteiger partial charge in [0.1, 0.15) is 5.75 Å². The number of rotatable bonds is 3. The van der Waals surface area contributed by atoms with Gasteiger partial charge in [0.2, 0.25) is 0 Å². The van der Waals surface area contributed by atoms with Gasteiger partial charge in [-0.3, -0.25) is 4.79 Å². The topological polar surface area (TPSA) is 49.3 Å². The lowest BCUT2D eigenvalue weighted by Crippen LogP contribution is -2.22. The fraction of sp³-hybridized carbons (Fsp3) is 0.133. The Balaban J connectivity index is 2.01. The first-order chi connectivity index (χ1) is 9.06. The number of aromatic hydroxyl groups is 1. The van der Waals surface area contributed by atoms with Crippen molar-refractivity contribution in [1.29, 1.82) is 0 Å². The summed E-state index contributed by atoms with van der Waals surface area (Å²) in [5.74, 6) is -0.0594. The molecule has 1 amide bonds. The molecule has 2 rings (SSSR count). The fourth-order valence-electron chi connectivity index (χ4n) is 1.64. The number of phenolic OH excluding ortho intramolecular Hbond substituents is 1. The molecule has 2 aromatic carbocycles. The first-order valence-corrected chi connectivity index (χ1v) is 6.96. The maximum atomic E-state index is 11.9. The molecule has 0 bridgehead atoms. The minimum atomic E-state index is -0.188. The first-order valence-electron chi connectivity index (χ1n) is 5.88. The smallest absolute Gasteiger partial charge is 0.251 e. The molecule has 0 saturated carbocycles. The molecule has 98 valence electrons. The number of amides is 1. The molecule has 0 spiro atoms. The second kappa shape index (κ2) is 6.06. The lowest BCUT2D eigenvalue weighted by Gasteiger charge is -2.06. The van der Waals surface area contributed by atoms with Gasteiger partial charge in [-0.1, -0.05) is 29.8 Å². The third kappa shape index (κ3) is 3.70. The van der Waals surface area contributed by atoms with Crippen LogP contribution in [0.4, 0.5) is 0 Å². The van der Waals surface area contributed by atoms with Crippen molar-refractivity contribution in [3.8, 4) is 5.75 Å². The molecule has 0 aliphatic rings. The van der Waals surface area contributed by atoms with E-state index in [4.69, 9.17) is 0 Å². The average Bonchev–Trinajstić information content (AvgIpc) is 2.41.